The number of benzene rings is 2. The number of ether oxygens (including phenoxy) is 3. The number of nitrogens with zero attached hydrogens (tertiary/aromatic N) is 2. The molecule has 2 fully saturated rings. The quantitative estimate of drug-likeness (QED) is 0.410. The number of anilines is 2. The first-order valence-corrected chi connectivity index (χ1v) is 14.1. The molecule has 0 bridgehead atoms. The Morgan fingerprint density at radius 3 is 2.49 bits per heavy atom. The molecular weight excluding hydrogens is 494 g/mol. The van der Waals surface area contributed by atoms with Gasteiger partial charge in [-0.3, -0.25) is 4.79 Å². The molecule has 1 N–H and O–H groups in total. The number of esters is 1. The summed E-state index contributed by atoms with van der Waals surface area (Å²) >= 11 is 0. The van der Waals surface area contributed by atoms with Crippen LogP contribution in [0, 0.1) is 5.92 Å². The Hall–Kier alpha value is -3.26. The van der Waals surface area contributed by atoms with E-state index in [1.807, 2.05) is 38.1 Å². The Bertz CT molecular complexity index is 1110. The van der Waals surface area contributed by atoms with Gasteiger partial charge in [0.2, 0.25) is 11.7 Å². The van der Waals surface area contributed by atoms with Gasteiger partial charge in [-0.1, -0.05) is 18.2 Å². The highest BCUT2D eigenvalue weighted by molar-refractivity contribution is 5.88. The van der Waals surface area contributed by atoms with Gasteiger partial charge in [0.25, 0.3) is 0 Å². The molecule has 2 aromatic rings. The molecule has 0 unspecified atom stereocenters. The van der Waals surface area contributed by atoms with E-state index in [1.165, 1.54) is 5.56 Å². The fraction of sp³-hybridized carbons (Fsp3) is 0.548. The second-order valence-corrected chi connectivity index (χ2v) is 11.1. The fourth-order valence-corrected chi connectivity index (χ4v) is 5.36. The van der Waals surface area contributed by atoms with Crippen LogP contribution in [-0.4, -0.2) is 68.5 Å². The molecule has 39 heavy (non-hydrogen) atoms. The van der Waals surface area contributed by atoms with Gasteiger partial charge in [0.15, 0.2) is 6.10 Å². The molecule has 212 valence electrons. The van der Waals surface area contributed by atoms with Gasteiger partial charge in [-0.25, -0.2) is 4.79 Å². The van der Waals surface area contributed by atoms with E-state index >= 15 is 0 Å². The van der Waals surface area contributed by atoms with Gasteiger partial charge in [0.1, 0.15) is 5.75 Å². The Morgan fingerprint density at radius 1 is 1.15 bits per heavy atom. The molecule has 4 rings (SSSR count). The van der Waals surface area contributed by atoms with Crippen molar-refractivity contribution in [3.05, 3.63) is 54.1 Å². The minimum absolute atomic E-state index is 0.0191. The second-order valence-electron chi connectivity index (χ2n) is 11.1. The van der Waals surface area contributed by atoms with Crippen LogP contribution in [0.4, 0.5) is 11.4 Å². The number of cyclic esters (lactones) is 1. The van der Waals surface area contributed by atoms with Crippen molar-refractivity contribution < 1.29 is 23.8 Å². The molecule has 2 atom stereocenters. The number of carbonyl (C=O) groups is 2. The number of hydrogen-bond donors (Lipinski definition) is 1. The molecular formula is C31H43N3O5. The standard InChI is InChI=1S/C31H43N3O5/c1-6-37-26-15-13-22(14-16-26)9-7-12-27(28-30(36)39-31(2,3)38-28)29(35)34-19-17-23(18-20-34)32-24-10-8-11-25(21-24)33(4)5/h8,10-11,13-16,21,23,27-28,32H,6-7,9,12,17-20H2,1-5H3/t27-,28+/m1/s1. The Morgan fingerprint density at radius 2 is 1.87 bits per heavy atom. The lowest BCUT2D eigenvalue weighted by atomic mass is 9.91. The molecule has 0 spiro atoms. The summed E-state index contributed by atoms with van der Waals surface area (Å²) in [5.41, 5.74) is 3.40. The van der Waals surface area contributed by atoms with Crippen molar-refractivity contribution in [1.82, 2.24) is 4.90 Å². The van der Waals surface area contributed by atoms with Crippen molar-refractivity contribution in [2.45, 2.75) is 70.8 Å². The predicted octanol–water partition coefficient (Wildman–Crippen LogP) is 4.87. The Kier molecular flexibility index (Phi) is 9.38. The van der Waals surface area contributed by atoms with Gasteiger partial charge < -0.3 is 29.3 Å². The summed E-state index contributed by atoms with van der Waals surface area (Å²) in [4.78, 5) is 30.5. The number of aryl methyl sites for hydroxylation is 1. The monoisotopic (exact) mass is 537 g/mol. The van der Waals surface area contributed by atoms with Crippen LogP contribution in [0.25, 0.3) is 0 Å². The Labute approximate surface area is 232 Å². The summed E-state index contributed by atoms with van der Waals surface area (Å²) in [7, 11) is 4.06. The minimum Gasteiger partial charge on any atom is -0.494 e. The number of rotatable bonds is 11. The Balaban J connectivity index is 1.36. The van der Waals surface area contributed by atoms with Gasteiger partial charge in [-0.15, -0.1) is 0 Å². The average molecular weight is 538 g/mol. The van der Waals surface area contributed by atoms with Crippen LogP contribution in [0.1, 0.15) is 52.0 Å². The zero-order valence-electron chi connectivity index (χ0n) is 23.9. The van der Waals surface area contributed by atoms with E-state index in [0.717, 1.165) is 42.8 Å². The van der Waals surface area contributed by atoms with Gasteiger partial charge >= 0.3 is 5.97 Å². The molecule has 8 heteroatoms. The van der Waals surface area contributed by atoms with Crippen LogP contribution in [0.5, 0.6) is 5.75 Å². The zero-order valence-corrected chi connectivity index (χ0v) is 23.9. The first kappa shape index (κ1) is 28.7. The molecule has 2 heterocycles. The molecule has 0 aromatic heterocycles. The second kappa shape index (κ2) is 12.7. The van der Waals surface area contributed by atoms with Crippen LogP contribution in [0.15, 0.2) is 48.5 Å². The molecule has 0 aliphatic carbocycles. The summed E-state index contributed by atoms with van der Waals surface area (Å²) in [6, 6.07) is 16.7. The molecule has 2 aromatic carbocycles. The maximum atomic E-state index is 13.8. The van der Waals surface area contributed by atoms with Crippen molar-refractivity contribution in [3.63, 3.8) is 0 Å². The number of nitrogens with one attached hydrogen (secondary N) is 1. The molecule has 0 saturated carbocycles. The molecule has 2 aliphatic rings. The third-order valence-corrected chi connectivity index (χ3v) is 7.43. The maximum absolute atomic E-state index is 13.8. The fourth-order valence-electron chi connectivity index (χ4n) is 5.36. The van der Waals surface area contributed by atoms with Crippen LogP contribution in [0.3, 0.4) is 0 Å². The SMILES string of the molecule is CCOc1ccc(CCC[C@@H](C(=O)N2CCC(Nc3cccc(N(C)C)c3)CC2)[C@@H]2OC(C)(C)OC2=O)cc1. The van der Waals surface area contributed by atoms with Crippen molar-refractivity contribution in [1.29, 1.82) is 0 Å². The lowest BCUT2D eigenvalue weighted by molar-refractivity contribution is -0.163. The largest absolute Gasteiger partial charge is 0.494 e. The molecule has 0 radical (unpaired) electrons. The summed E-state index contributed by atoms with van der Waals surface area (Å²) in [6.07, 6.45) is 2.93. The highest BCUT2D eigenvalue weighted by Gasteiger charge is 2.48. The summed E-state index contributed by atoms with van der Waals surface area (Å²) in [5, 5.41) is 3.63. The van der Waals surface area contributed by atoms with Gasteiger partial charge in [0.05, 0.1) is 12.5 Å². The smallest absolute Gasteiger partial charge is 0.338 e. The third-order valence-electron chi connectivity index (χ3n) is 7.43. The van der Waals surface area contributed by atoms with Crippen molar-refractivity contribution in [2.24, 2.45) is 5.92 Å². The van der Waals surface area contributed by atoms with Crippen molar-refractivity contribution in [3.8, 4) is 5.75 Å². The lowest BCUT2D eigenvalue weighted by Gasteiger charge is -2.35. The predicted molar refractivity (Wildman–Crippen MR) is 153 cm³/mol. The van der Waals surface area contributed by atoms with Crippen molar-refractivity contribution >= 4 is 23.3 Å². The summed E-state index contributed by atoms with van der Waals surface area (Å²) < 4.78 is 16.9. The third kappa shape index (κ3) is 7.66. The lowest BCUT2D eigenvalue weighted by Crippen LogP contribution is -2.48. The zero-order chi connectivity index (χ0) is 28.0. The van der Waals surface area contributed by atoms with E-state index in [4.69, 9.17) is 14.2 Å². The number of hydrogen-bond acceptors (Lipinski definition) is 7. The van der Waals surface area contributed by atoms with E-state index in [9.17, 15) is 9.59 Å². The number of piperidine rings is 1. The topological polar surface area (TPSA) is 80.3 Å². The van der Waals surface area contributed by atoms with Gasteiger partial charge in [-0.05, 0) is 74.9 Å². The highest BCUT2D eigenvalue weighted by atomic mass is 16.8. The van der Waals surface area contributed by atoms with E-state index in [-0.39, 0.29) is 11.9 Å². The van der Waals surface area contributed by atoms with E-state index in [0.29, 0.717) is 26.1 Å². The molecule has 1 amide bonds. The molecule has 8 nitrogen and oxygen atoms in total. The molecule has 2 aliphatic heterocycles. The van der Waals surface area contributed by atoms with Crippen molar-refractivity contribution in [2.75, 3.05) is 44.0 Å². The first-order chi connectivity index (χ1) is 18.6. The van der Waals surface area contributed by atoms with Gasteiger partial charge in [0, 0.05) is 58.4 Å². The summed E-state index contributed by atoms with van der Waals surface area (Å²) in [5.74, 6) is -1.20. The van der Waals surface area contributed by atoms with E-state index in [1.54, 1.807) is 13.8 Å². The first-order valence-electron chi connectivity index (χ1n) is 14.1. The van der Waals surface area contributed by atoms with Crippen LogP contribution >= 0.6 is 0 Å². The maximum Gasteiger partial charge on any atom is 0.338 e. The number of carbonyl (C=O) groups excluding carboxylic acids is 2. The number of amides is 1. The minimum atomic E-state index is -1.02. The van der Waals surface area contributed by atoms with E-state index < -0.39 is 23.8 Å². The van der Waals surface area contributed by atoms with E-state index in [2.05, 4.69) is 46.6 Å². The van der Waals surface area contributed by atoms with Crippen LogP contribution < -0.4 is 15.0 Å². The molecule has 2 saturated heterocycles. The van der Waals surface area contributed by atoms with Crippen LogP contribution in [0.2, 0.25) is 0 Å². The van der Waals surface area contributed by atoms with Crippen LogP contribution in [-0.2, 0) is 25.5 Å². The van der Waals surface area contributed by atoms with Gasteiger partial charge in [-0.2, -0.15) is 0 Å². The highest BCUT2D eigenvalue weighted by Crippen LogP contribution is 2.32. The number of likely N-dealkylation sites (tertiary alicyclic amines) is 1. The summed E-state index contributed by atoms with van der Waals surface area (Å²) in [6.45, 7) is 7.32. The normalized spacial score (nSPS) is 19.9. The average Bonchev–Trinajstić information content (AvgIpc) is 3.19.